The maximum Gasteiger partial charge on any atom is 0.246 e. The lowest BCUT2D eigenvalue weighted by molar-refractivity contribution is -0.114. The summed E-state index contributed by atoms with van der Waals surface area (Å²) >= 11 is 5.98. The first-order chi connectivity index (χ1) is 12.0. The van der Waals surface area contributed by atoms with Gasteiger partial charge in [0.05, 0.1) is 6.54 Å². The van der Waals surface area contributed by atoms with E-state index in [-0.39, 0.29) is 5.91 Å². The van der Waals surface area contributed by atoms with E-state index in [0.717, 1.165) is 22.5 Å². The number of hydrogen-bond donors (Lipinski definition) is 2. The fourth-order valence-corrected chi connectivity index (χ4v) is 2.58. The first kappa shape index (κ1) is 17.0. The molecule has 1 aromatic heterocycles. The molecule has 3 rings (SSSR count). The second-order valence-electron chi connectivity index (χ2n) is 5.53. The average molecular weight is 357 g/mol. The second kappa shape index (κ2) is 7.36. The third-order valence-electron chi connectivity index (χ3n) is 3.63. The molecule has 2 aromatic carbocycles. The number of anilines is 2. The molecule has 2 N–H and O–H groups in total. The van der Waals surface area contributed by atoms with Gasteiger partial charge < -0.3 is 15.2 Å². The summed E-state index contributed by atoms with van der Waals surface area (Å²) < 4.78 is 5.28. The highest BCUT2D eigenvalue weighted by atomic mass is 35.5. The van der Waals surface area contributed by atoms with Gasteiger partial charge in [-0.2, -0.15) is 4.98 Å². The fraction of sp³-hybridized carbons (Fsp3) is 0.167. The van der Waals surface area contributed by atoms with Gasteiger partial charge in [-0.15, -0.1) is 0 Å². The van der Waals surface area contributed by atoms with Gasteiger partial charge in [-0.05, 0) is 36.8 Å². The van der Waals surface area contributed by atoms with Crippen molar-refractivity contribution in [2.75, 3.05) is 10.6 Å². The summed E-state index contributed by atoms with van der Waals surface area (Å²) in [7, 11) is 0. The maximum absolute atomic E-state index is 11.2. The summed E-state index contributed by atoms with van der Waals surface area (Å²) in [6.07, 6.45) is 0. The zero-order valence-electron chi connectivity index (χ0n) is 13.8. The zero-order valence-corrected chi connectivity index (χ0v) is 14.6. The molecule has 7 heteroatoms. The molecule has 0 atom stereocenters. The van der Waals surface area contributed by atoms with Crippen LogP contribution in [0.1, 0.15) is 18.4 Å². The van der Waals surface area contributed by atoms with Gasteiger partial charge in [0.2, 0.25) is 17.6 Å². The quantitative estimate of drug-likeness (QED) is 0.713. The highest BCUT2D eigenvalue weighted by Gasteiger charge is 2.10. The van der Waals surface area contributed by atoms with Crippen LogP contribution in [-0.2, 0) is 11.3 Å². The number of nitrogens with one attached hydrogen (secondary N) is 2. The van der Waals surface area contributed by atoms with E-state index in [2.05, 4.69) is 20.8 Å². The number of amides is 1. The molecule has 0 fully saturated rings. The van der Waals surface area contributed by atoms with Crippen molar-refractivity contribution >= 4 is 28.9 Å². The highest BCUT2D eigenvalue weighted by Crippen LogP contribution is 2.24. The minimum atomic E-state index is -0.108. The molecule has 1 amide bonds. The van der Waals surface area contributed by atoms with Crippen molar-refractivity contribution in [3.8, 4) is 11.4 Å². The van der Waals surface area contributed by atoms with Crippen LogP contribution in [0.5, 0.6) is 0 Å². The first-order valence-electron chi connectivity index (χ1n) is 7.72. The predicted molar refractivity (Wildman–Crippen MR) is 97.6 cm³/mol. The number of nitrogens with zero attached hydrogens (tertiary/aromatic N) is 2. The van der Waals surface area contributed by atoms with Gasteiger partial charge in [-0.1, -0.05) is 35.0 Å². The molecule has 6 nitrogen and oxygen atoms in total. The van der Waals surface area contributed by atoms with Gasteiger partial charge in [0.1, 0.15) is 0 Å². The number of benzene rings is 2. The van der Waals surface area contributed by atoms with E-state index < -0.39 is 0 Å². The Morgan fingerprint density at radius 2 is 1.96 bits per heavy atom. The van der Waals surface area contributed by atoms with Crippen molar-refractivity contribution in [1.82, 2.24) is 10.1 Å². The molecule has 0 aliphatic carbocycles. The van der Waals surface area contributed by atoms with E-state index >= 15 is 0 Å². The Hall–Kier alpha value is -2.86. The lowest BCUT2D eigenvalue weighted by atomic mass is 10.1. The lowest BCUT2D eigenvalue weighted by Crippen LogP contribution is -2.09. The fourth-order valence-electron chi connectivity index (χ4n) is 2.39. The third-order valence-corrected chi connectivity index (χ3v) is 3.86. The number of halogens is 1. The lowest BCUT2D eigenvalue weighted by Gasteiger charge is -2.12. The van der Waals surface area contributed by atoms with Gasteiger partial charge in [-0.3, -0.25) is 4.79 Å². The molecule has 0 radical (unpaired) electrons. The SMILES string of the molecule is CC(=O)Nc1cccc(NCc2nc(-c3cccc(Cl)c3)no2)c1C. The maximum atomic E-state index is 11.2. The van der Waals surface area contributed by atoms with Crippen molar-refractivity contribution in [2.24, 2.45) is 0 Å². The number of rotatable bonds is 5. The average Bonchev–Trinajstić information content (AvgIpc) is 3.04. The van der Waals surface area contributed by atoms with Gasteiger partial charge >= 0.3 is 0 Å². The van der Waals surface area contributed by atoms with Gasteiger partial charge in [0, 0.05) is 28.9 Å². The molecule has 0 aliphatic heterocycles. The van der Waals surface area contributed by atoms with Crippen LogP contribution in [-0.4, -0.2) is 16.0 Å². The minimum absolute atomic E-state index is 0.108. The highest BCUT2D eigenvalue weighted by molar-refractivity contribution is 6.30. The monoisotopic (exact) mass is 356 g/mol. The standard InChI is InChI=1S/C18H17ClN4O2/c1-11-15(7-4-8-16(11)21-12(2)24)20-10-17-22-18(23-25-17)13-5-3-6-14(19)9-13/h3-9,20H,10H2,1-2H3,(H,21,24). The molecule has 0 bridgehead atoms. The van der Waals surface area contributed by atoms with Crippen molar-refractivity contribution in [3.05, 3.63) is 58.9 Å². The number of hydrogen-bond acceptors (Lipinski definition) is 5. The summed E-state index contributed by atoms with van der Waals surface area (Å²) in [5.41, 5.74) is 3.38. The van der Waals surface area contributed by atoms with Gasteiger partial charge in [0.25, 0.3) is 0 Å². The van der Waals surface area contributed by atoms with Gasteiger partial charge in [0.15, 0.2) is 0 Å². The Labute approximate surface area is 150 Å². The molecule has 1 heterocycles. The van der Waals surface area contributed by atoms with E-state index in [1.807, 2.05) is 37.3 Å². The van der Waals surface area contributed by atoms with Crippen molar-refractivity contribution in [3.63, 3.8) is 0 Å². The van der Waals surface area contributed by atoms with Crippen LogP contribution in [0, 0.1) is 6.92 Å². The molecule has 3 aromatic rings. The van der Waals surface area contributed by atoms with E-state index in [4.69, 9.17) is 16.1 Å². The topological polar surface area (TPSA) is 80.0 Å². The number of carbonyl (C=O) groups is 1. The van der Waals surface area contributed by atoms with Gasteiger partial charge in [-0.25, -0.2) is 0 Å². The van der Waals surface area contributed by atoms with Crippen molar-refractivity contribution < 1.29 is 9.32 Å². The summed E-state index contributed by atoms with van der Waals surface area (Å²) in [6.45, 7) is 3.78. The smallest absolute Gasteiger partial charge is 0.246 e. The van der Waals surface area contributed by atoms with E-state index in [9.17, 15) is 4.79 Å². The summed E-state index contributed by atoms with van der Waals surface area (Å²) in [4.78, 5) is 15.6. The van der Waals surface area contributed by atoms with Crippen molar-refractivity contribution in [1.29, 1.82) is 0 Å². The minimum Gasteiger partial charge on any atom is -0.376 e. The normalized spacial score (nSPS) is 10.5. The molecule has 128 valence electrons. The largest absolute Gasteiger partial charge is 0.376 e. The molecule has 0 aliphatic rings. The van der Waals surface area contributed by atoms with E-state index in [1.54, 1.807) is 12.1 Å². The Kier molecular flexibility index (Phi) is 5.00. The molecular formula is C18H17ClN4O2. The summed E-state index contributed by atoms with van der Waals surface area (Å²) in [6, 6.07) is 12.9. The van der Waals surface area contributed by atoms with Crippen LogP contribution >= 0.6 is 11.6 Å². The number of aromatic nitrogens is 2. The van der Waals surface area contributed by atoms with Crippen LogP contribution in [0.2, 0.25) is 5.02 Å². The third kappa shape index (κ3) is 4.16. The first-order valence-corrected chi connectivity index (χ1v) is 8.10. The number of carbonyl (C=O) groups excluding carboxylic acids is 1. The van der Waals surface area contributed by atoms with Crippen LogP contribution in [0.15, 0.2) is 47.0 Å². The predicted octanol–water partition coefficient (Wildman–Crippen LogP) is 4.27. The van der Waals surface area contributed by atoms with Crippen LogP contribution in [0.4, 0.5) is 11.4 Å². The molecule has 0 saturated carbocycles. The Morgan fingerprint density at radius 1 is 1.20 bits per heavy atom. The van der Waals surface area contributed by atoms with Crippen LogP contribution in [0.3, 0.4) is 0 Å². The summed E-state index contributed by atoms with van der Waals surface area (Å²) in [5, 5.41) is 10.6. The second-order valence-corrected chi connectivity index (χ2v) is 5.97. The van der Waals surface area contributed by atoms with Crippen LogP contribution in [0.25, 0.3) is 11.4 Å². The Bertz CT molecular complexity index is 908. The Balaban J connectivity index is 1.72. The molecule has 25 heavy (non-hydrogen) atoms. The van der Waals surface area contributed by atoms with E-state index in [1.165, 1.54) is 6.92 Å². The molecule has 0 unspecified atom stereocenters. The molecular weight excluding hydrogens is 340 g/mol. The summed E-state index contributed by atoms with van der Waals surface area (Å²) in [5.74, 6) is 0.839. The van der Waals surface area contributed by atoms with Crippen LogP contribution < -0.4 is 10.6 Å². The van der Waals surface area contributed by atoms with E-state index in [0.29, 0.717) is 23.3 Å². The van der Waals surface area contributed by atoms with Crippen molar-refractivity contribution in [2.45, 2.75) is 20.4 Å². The molecule has 0 spiro atoms. The molecule has 0 saturated heterocycles. The Morgan fingerprint density at radius 3 is 2.72 bits per heavy atom. The zero-order chi connectivity index (χ0) is 17.8.